The van der Waals surface area contributed by atoms with Gasteiger partial charge in [0.2, 0.25) is 0 Å². The van der Waals surface area contributed by atoms with Crippen LogP contribution in [-0.2, 0) is 0 Å². The van der Waals surface area contributed by atoms with Gasteiger partial charge in [-0.05, 0) is 57.5 Å². The number of anilines is 1. The Balaban J connectivity index is 1.36. The van der Waals surface area contributed by atoms with Crippen LogP contribution in [0.25, 0.3) is 16.9 Å². The average Bonchev–Trinajstić information content (AvgIpc) is 3.31. The fourth-order valence-corrected chi connectivity index (χ4v) is 5.17. The molecule has 2 aliphatic heterocycles. The largest absolute Gasteiger partial charge is 0.507 e. The number of benzene rings is 1. The molecule has 0 amide bonds. The Hall–Kier alpha value is -3.07. The molecule has 1 N–H and O–H groups in total. The molecule has 4 heterocycles. The van der Waals surface area contributed by atoms with Crippen molar-refractivity contribution in [1.82, 2.24) is 24.9 Å². The van der Waals surface area contributed by atoms with Gasteiger partial charge in [0.25, 0.3) is 0 Å². The fourth-order valence-electron chi connectivity index (χ4n) is 5.17. The lowest BCUT2D eigenvalue weighted by Crippen LogP contribution is -2.62. The summed E-state index contributed by atoms with van der Waals surface area (Å²) in [6, 6.07) is 8.58. The maximum Gasteiger partial charge on any atom is 0.161 e. The Morgan fingerprint density at radius 1 is 1.22 bits per heavy atom. The number of phenols is 1. The number of halogens is 2. The number of aromatic nitrogens is 4. The molecule has 4 atom stereocenters. The van der Waals surface area contributed by atoms with Crippen LogP contribution < -0.4 is 4.90 Å². The summed E-state index contributed by atoms with van der Waals surface area (Å²) in [5.74, 6) is 0.121. The number of alkyl halides is 1. The predicted octanol–water partition coefficient (Wildman–Crippen LogP) is 3.57. The molecule has 3 aromatic rings. The molecule has 1 unspecified atom stereocenters. The van der Waals surface area contributed by atoms with E-state index in [9.17, 15) is 9.50 Å². The van der Waals surface area contributed by atoms with E-state index in [1.54, 1.807) is 24.3 Å². The smallest absolute Gasteiger partial charge is 0.161 e. The summed E-state index contributed by atoms with van der Waals surface area (Å²) in [7, 11) is 3.89. The number of nitrogens with zero attached hydrogens (tertiary/aromatic N) is 6. The van der Waals surface area contributed by atoms with Gasteiger partial charge in [-0.3, -0.25) is 4.90 Å². The maximum absolute atomic E-state index is 15.5. The van der Waals surface area contributed by atoms with Gasteiger partial charge in [0.05, 0.1) is 35.4 Å². The minimum atomic E-state index is -0.985. The number of fused-ring (bicyclic) bond motifs is 2. The van der Waals surface area contributed by atoms with E-state index < -0.39 is 17.5 Å². The van der Waals surface area contributed by atoms with Crippen LogP contribution in [0.15, 0.2) is 42.7 Å². The van der Waals surface area contributed by atoms with Gasteiger partial charge in [-0.2, -0.15) is 5.10 Å². The van der Waals surface area contributed by atoms with Crippen molar-refractivity contribution in [3.05, 3.63) is 48.5 Å². The zero-order valence-electron chi connectivity index (χ0n) is 18.3. The lowest BCUT2D eigenvalue weighted by Gasteiger charge is -2.49. The van der Waals surface area contributed by atoms with Crippen molar-refractivity contribution < 1.29 is 13.9 Å². The average molecular weight is 440 g/mol. The SMILES string of the molecule is CN(c1ccc(-c2ccc(-n3cc(F)cn3)cc2O)nn1)[C@H]1CC2CC[C@](C)([C@H]1F)N2C. The fraction of sp³-hybridized carbons (Fsp3) is 0.435. The summed E-state index contributed by atoms with van der Waals surface area (Å²) < 4.78 is 30.0. The van der Waals surface area contributed by atoms with Crippen molar-refractivity contribution in [2.24, 2.45) is 0 Å². The molecule has 7 nitrogen and oxygen atoms in total. The quantitative estimate of drug-likeness (QED) is 0.669. The van der Waals surface area contributed by atoms with Gasteiger partial charge in [-0.25, -0.2) is 13.5 Å². The van der Waals surface area contributed by atoms with Crippen molar-refractivity contribution in [3.8, 4) is 22.7 Å². The Morgan fingerprint density at radius 3 is 2.69 bits per heavy atom. The highest BCUT2D eigenvalue weighted by molar-refractivity contribution is 5.69. The van der Waals surface area contributed by atoms with Crippen molar-refractivity contribution in [1.29, 1.82) is 0 Å². The summed E-state index contributed by atoms with van der Waals surface area (Å²) in [6.45, 7) is 2.01. The van der Waals surface area contributed by atoms with Crippen molar-refractivity contribution in [3.63, 3.8) is 0 Å². The molecule has 168 valence electrons. The van der Waals surface area contributed by atoms with E-state index in [0.717, 1.165) is 25.5 Å². The van der Waals surface area contributed by atoms with Crippen LogP contribution >= 0.6 is 0 Å². The van der Waals surface area contributed by atoms with Gasteiger partial charge >= 0.3 is 0 Å². The molecule has 0 radical (unpaired) electrons. The third-order valence-electron chi connectivity index (χ3n) is 7.36. The highest BCUT2D eigenvalue weighted by atomic mass is 19.1. The number of aromatic hydroxyl groups is 1. The van der Waals surface area contributed by atoms with Gasteiger partial charge in [-0.1, -0.05) is 0 Å². The second kappa shape index (κ2) is 7.51. The van der Waals surface area contributed by atoms with Crippen LogP contribution in [-0.4, -0.2) is 67.9 Å². The van der Waals surface area contributed by atoms with E-state index in [4.69, 9.17) is 0 Å². The topological polar surface area (TPSA) is 70.3 Å². The Labute approximate surface area is 185 Å². The number of rotatable bonds is 4. The third-order valence-corrected chi connectivity index (χ3v) is 7.36. The molecule has 5 rings (SSSR count). The van der Waals surface area contributed by atoms with E-state index in [1.165, 1.54) is 16.9 Å². The van der Waals surface area contributed by atoms with E-state index >= 15 is 4.39 Å². The lowest BCUT2D eigenvalue weighted by molar-refractivity contribution is 0.00185. The first kappa shape index (κ1) is 20.8. The van der Waals surface area contributed by atoms with E-state index in [2.05, 4.69) is 20.2 Å². The van der Waals surface area contributed by atoms with Crippen molar-refractivity contribution in [2.75, 3.05) is 19.0 Å². The van der Waals surface area contributed by atoms with Crippen molar-refractivity contribution in [2.45, 2.75) is 50.0 Å². The first-order chi connectivity index (χ1) is 15.3. The third kappa shape index (κ3) is 3.23. The zero-order valence-corrected chi connectivity index (χ0v) is 18.3. The molecular formula is C23H26F2N6O. The summed E-state index contributed by atoms with van der Waals surface area (Å²) >= 11 is 0. The van der Waals surface area contributed by atoms with E-state index in [1.807, 2.05) is 25.9 Å². The lowest BCUT2D eigenvalue weighted by atomic mass is 9.84. The summed E-state index contributed by atoms with van der Waals surface area (Å²) in [5, 5.41) is 23.0. The molecule has 2 bridgehead atoms. The molecule has 1 aromatic carbocycles. The first-order valence-electron chi connectivity index (χ1n) is 10.8. The second-order valence-corrected chi connectivity index (χ2v) is 9.06. The molecule has 2 aromatic heterocycles. The summed E-state index contributed by atoms with van der Waals surface area (Å²) in [4.78, 5) is 4.08. The van der Waals surface area contributed by atoms with E-state index in [-0.39, 0.29) is 11.8 Å². The Morgan fingerprint density at radius 2 is 2.03 bits per heavy atom. The highest BCUT2D eigenvalue weighted by Crippen LogP contribution is 2.46. The van der Waals surface area contributed by atoms with Crippen LogP contribution in [0.4, 0.5) is 14.6 Å². The standard InChI is InChI=1S/C23H26F2N6O/c1-23-9-8-15(30(23)3)10-19(22(23)25)29(2)21-7-6-18(27-28-21)17-5-4-16(11-20(17)32)31-13-14(24)12-26-31/h4-7,11-13,15,19,22,32H,8-10H2,1-3H3/t15?,19-,22-,23+/m0/s1. The highest BCUT2D eigenvalue weighted by Gasteiger charge is 2.55. The van der Waals surface area contributed by atoms with Crippen LogP contribution in [0.5, 0.6) is 5.75 Å². The summed E-state index contributed by atoms with van der Waals surface area (Å²) in [5.41, 5.74) is 1.07. The Bertz CT molecular complexity index is 1140. The predicted molar refractivity (Wildman–Crippen MR) is 117 cm³/mol. The zero-order chi connectivity index (χ0) is 22.6. The Kier molecular flexibility index (Phi) is 4.88. The van der Waals surface area contributed by atoms with Gasteiger partial charge in [0, 0.05) is 24.7 Å². The number of piperidine rings is 1. The molecular weight excluding hydrogens is 414 g/mol. The van der Waals surface area contributed by atoms with Crippen LogP contribution in [0, 0.1) is 5.82 Å². The normalized spacial score (nSPS) is 27.6. The van der Waals surface area contributed by atoms with Gasteiger partial charge in [0.15, 0.2) is 11.6 Å². The van der Waals surface area contributed by atoms with Crippen LogP contribution in [0.1, 0.15) is 26.2 Å². The van der Waals surface area contributed by atoms with Crippen molar-refractivity contribution >= 4 is 5.82 Å². The number of hydrogen-bond acceptors (Lipinski definition) is 6. The molecule has 9 heteroatoms. The minimum absolute atomic E-state index is 0.0162. The van der Waals surface area contributed by atoms with Crippen LogP contribution in [0.2, 0.25) is 0 Å². The molecule has 0 aliphatic carbocycles. The number of phenolic OH excluding ortho intramolecular Hbond substituents is 1. The van der Waals surface area contributed by atoms with Gasteiger partial charge in [0.1, 0.15) is 11.9 Å². The van der Waals surface area contributed by atoms with Crippen LogP contribution in [0.3, 0.4) is 0 Å². The monoisotopic (exact) mass is 440 g/mol. The van der Waals surface area contributed by atoms with E-state index in [0.29, 0.717) is 28.8 Å². The maximum atomic E-state index is 15.5. The van der Waals surface area contributed by atoms with Gasteiger partial charge < -0.3 is 10.0 Å². The molecule has 0 spiro atoms. The molecule has 2 aliphatic rings. The molecule has 0 saturated carbocycles. The summed E-state index contributed by atoms with van der Waals surface area (Å²) in [6.07, 6.45) is 3.98. The minimum Gasteiger partial charge on any atom is -0.507 e. The molecule has 2 saturated heterocycles. The van der Waals surface area contributed by atoms with Gasteiger partial charge in [-0.15, -0.1) is 10.2 Å². The molecule has 2 fully saturated rings. The number of hydrogen-bond donors (Lipinski definition) is 1. The molecule has 32 heavy (non-hydrogen) atoms. The second-order valence-electron chi connectivity index (χ2n) is 9.06. The first-order valence-corrected chi connectivity index (χ1v) is 10.8.